The van der Waals surface area contributed by atoms with Crippen LogP contribution in [0, 0.1) is 0 Å². The van der Waals surface area contributed by atoms with Gasteiger partial charge in [0.25, 0.3) is 0 Å². The van der Waals surface area contributed by atoms with Crippen LogP contribution in [0.5, 0.6) is 11.5 Å². The summed E-state index contributed by atoms with van der Waals surface area (Å²) < 4.78 is 11.6. The molecule has 22 heavy (non-hydrogen) atoms. The summed E-state index contributed by atoms with van der Waals surface area (Å²) in [5.74, 6) is 2.60. The first-order valence-corrected chi connectivity index (χ1v) is 7.68. The zero-order chi connectivity index (χ0) is 15.9. The molecule has 120 valence electrons. The normalized spacial score (nSPS) is 16.7. The average Bonchev–Trinajstić information content (AvgIpc) is 2.86. The Balaban J connectivity index is 2.12. The van der Waals surface area contributed by atoms with Gasteiger partial charge in [0.15, 0.2) is 5.96 Å². The molecule has 0 aromatic heterocycles. The molecule has 2 N–H and O–H groups in total. The van der Waals surface area contributed by atoms with Gasteiger partial charge in [-0.25, -0.2) is 0 Å². The highest BCUT2D eigenvalue weighted by Crippen LogP contribution is 2.35. The Hall–Kier alpha value is -2.17. The van der Waals surface area contributed by atoms with Crippen molar-refractivity contribution in [2.45, 2.75) is 32.9 Å². The molecule has 0 fully saturated rings. The number of hydrogen-bond donors (Lipinski definition) is 2. The highest BCUT2D eigenvalue weighted by molar-refractivity contribution is 5.79. The number of fused-ring (bicyclic) bond motifs is 1. The number of nitrogens with one attached hydrogen (secondary N) is 2. The first kappa shape index (κ1) is 16.2. The summed E-state index contributed by atoms with van der Waals surface area (Å²) in [5, 5.41) is 6.43. The van der Waals surface area contributed by atoms with Crippen LogP contribution in [0.3, 0.4) is 0 Å². The lowest BCUT2D eigenvalue weighted by molar-refractivity contribution is 0.254. The van der Waals surface area contributed by atoms with Gasteiger partial charge in [0, 0.05) is 37.7 Å². The molecular weight excluding hydrogens is 278 g/mol. The summed E-state index contributed by atoms with van der Waals surface area (Å²) in [4.78, 5) is 4.18. The predicted molar refractivity (Wildman–Crippen MR) is 89.8 cm³/mol. The van der Waals surface area contributed by atoms with Crippen molar-refractivity contribution in [2.24, 2.45) is 4.99 Å². The monoisotopic (exact) mass is 303 g/mol. The van der Waals surface area contributed by atoms with Gasteiger partial charge in [-0.15, -0.1) is 6.58 Å². The van der Waals surface area contributed by atoms with E-state index in [0.717, 1.165) is 29.4 Å². The highest BCUT2D eigenvalue weighted by Gasteiger charge is 2.21. The molecule has 0 bridgehead atoms. The maximum Gasteiger partial charge on any atom is 0.191 e. The van der Waals surface area contributed by atoms with Crippen LogP contribution in [-0.2, 0) is 13.0 Å². The van der Waals surface area contributed by atoms with Crippen LogP contribution in [0.25, 0.3) is 0 Å². The quantitative estimate of drug-likeness (QED) is 0.481. The number of hydrogen-bond acceptors (Lipinski definition) is 3. The Kier molecular flexibility index (Phi) is 5.69. The van der Waals surface area contributed by atoms with Crippen LogP contribution >= 0.6 is 0 Å². The minimum atomic E-state index is 0.231. The number of nitrogens with zero attached hydrogens (tertiary/aromatic N) is 1. The number of rotatable bonds is 6. The number of benzene rings is 1. The molecule has 2 rings (SSSR count). The smallest absolute Gasteiger partial charge is 0.191 e. The Morgan fingerprint density at radius 1 is 1.50 bits per heavy atom. The molecule has 1 unspecified atom stereocenters. The van der Waals surface area contributed by atoms with Gasteiger partial charge >= 0.3 is 0 Å². The van der Waals surface area contributed by atoms with Gasteiger partial charge in [-0.1, -0.05) is 6.08 Å². The van der Waals surface area contributed by atoms with E-state index in [1.165, 1.54) is 5.56 Å². The first-order valence-electron chi connectivity index (χ1n) is 7.68. The Morgan fingerprint density at radius 2 is 2.32 bits per heavy atom. The molecule has 1 aromatic carbocycles. The lowest BCUT2D eigenvalue weighted by Gasteiger charge is -2.15. The molecular formula is C17H25N3O2. The summed E-state index contributed by atoms with van der Waals surface area (Å²) in [6, 6.07) is 4.16. The molecule has 0 aliphatic carbocycles. The van der Waals surface area contributed by atoms with E-state index in [9.17, 15) is 0 Å². The van der Waals surface area contributed by atoms with Gasteiger partial charge in [-0.05, 0) is 26.0 Å². The second-order valence-corrected chi connectivity index (χ2v) is 5.23. The Bertz CT molecular complexity index is 555. The fourth-order valence-electron chi connectivity index (χ4n) is 2.48. The Morgan fingerprint density at radius 3 is 3.00 bits per heavy atom. The zero-order valence-electron chi connectivity index (χ0n) is 13.6. The molecule has 1 aliphatic rings. The van der Waals surface area contributed by atoms with E-state index in [2.05, 4.69) is 41.3 Å². The second-order valence-electron chi connectivity index (χ2n) is 5.23. The van der Waals surface area contributed by atoms with Crippen LogP contribution in [0.1, 0.15) is 25.0 Å². The SMILES string of the molecule is C=CCNC(=NC)NCc1cc2c(cc1OCC)CC(C)O2. The zero-order valence-corrected chi connectivity index (χ0v) is 13.6. The number of ether oxygens (including phenoxy) is 2. The van der Waals surface area contributed by atoms with Crippen LogP contribution in [-0.4, -0.2) is 32.3 Å². The molecule has 0 amide bonds. The van der Waals surface area contributed by atoms with Crippen molar-refractivity contribution in [1.29, 1.82) is 0 Å². The van der Waals surface area contributed by atoms with Crippen molar-refractivity contribution in [3.05, 3.63) is 35.9 Å². The minimum absolute atomic E-state index is 0.231. The van der Waals surface area contributed by atoms with Crippen molar-refractivity contribution in [2.75, 3.05) is 20.2 Å². The molecule has 0 saturated carbocycles. The third-order valence-corrected chi connectivity index (χ3v) is 3.46. The van der Waals surface area contributed by atoms with Gasteiger partial charge in [-0.3, -0.25) is 4.99 Å². The second kappa shape index (κ2) is 7.73. The fourth-order valence-corrected chi connectivity index (χ4v) is 2.48. The third-order valence-electron chi connectivity index (χ3n) is 3.46. The first-order chi connectivity index (χ1) is 10.7. The van der Waals surface area contributed by atoms with Gasteiger partial charge in [0.05, 0.1) is 6.61 Å². The number of aliphatic imine (C=N–C) groups is 1. The van der Waals surface area contributed by atoms with Gasteiger partial charge in [0.1, 0.15) is 17.6 Å². The Labute approximate surface area is 132 Å². The van der Waals surface area contributed by atoms with Gasteiger partial charge < -0.3 is 20.1 Å². The summed E-state index contributed by atoms with van der Waals surface area (Å²) in [6.45, 7) is 9.70. The van der Waals surface area contributed by atoms with E-state index in [0.29, 0.717) is 19.7 Å². The third kappa shape index (κ3) is 3.93. The maximum absolute atomic E-state index is 5.84. The molecule has 0 spiro atoms. The van der Waals surface area contributed by atoms with Crippen LogP contribution in [0.4, 0.5) is 0 Å². The topological polar surface area (TPSA) is 54.9 Å². The van der Waals surface area contributed by atoms with E-state index in [1.54, 1.807) is 13.1 Å². The van der Waals surface area contributed by atoms with E-state index in [4.69, 9.17) is 9.47 Å². The van der Waals surface area contributed by atoms with Crippen molar-refractivity contribution in [3.8, 4) is 11.5 Å². The van der Waals surface area contributed by atoms with E-state index in [-0.39, 0.29) is 6.10 Å². The fraction of sp³-hybridized carbons (Fsp3) is 0.471. The number of guanidine groups is 1. The van der Waals surface area contributed by atoms with Crippen LogP contribution in [0.2, 0.25) is 0 Å². The molecule has 5 nitrogen and oxygen atoms in total. The van der Waals surface area contributed by atoms with E-state index in [1.807, 2.05) is 6.92 Å². The van der Waals surface area contributed by atoms with Crippen molar-refractivity contribution in [1.82, 2.24) is 10.6 Å². The van der Waals surface area contributed by atoms with E-state index < -0.39 is 0 Å². The maximum atomic E-state index is 5.84. The van der Waals surface area contributed by atoms with Crippen LogP contribution < -0.4 is 20.1 Å². The minimum Gasteiger partial charge on any atom is -0.494 e. The summed E-state index contributed by atoms with van der Waals surface area (Å²) in [5.41, 5.74) is 2.28. The van der Waals surface area contributed by atoms with Gasteiger partial charge in [0.2, 0.25) is 0 Å². The molecule has 1 heterocycles. The van der Waals surface area contributed by atoms with Gasteiger partial charge in [-0.2, -0.15) is 0 Å². The molecule has 1 aromatic rings. The van der Waals surface area contributed by atoms with Crippen molar-refractivity contribution in [3.63, 3.8) is 0 Å². The van der Waals surface area contributed by atoms with Crippen molar-refractivity contribution >= 4 is 5.96 Å². The standard InChI is InChI=1S/C17H25N3O2/c1-5-7-19-17(18-4)20-11-14-10-16-13(8-12(3)22-16)9-15(14)21-6-2/h5,9-10,12H,1,6-8,11H2,2-4H3,(H2,18,19,20). The molecule has 1 atom stereocenters. The molecule has 5 heteroatoms. The summed E-state index contributed by atoms with van der Waals surface area (Å²) >= 11 is 0. The summed E-state index contributed by atoms with van der Waals surface area (Å²) in [7, 11) is 1.75. The van der Waals surface area contributed by atoms with Crippen LogP contribution in [0.15, 0.2) is 29.8 Å². The largest absolute Gasteiger partial charge is 0.494 e. The molecule has 0 radical (unpaired) electrons. The average molecular weight is 303 g/mol. The van der Waals surface area contributed by atoms with Crippen molar-refractivity contribution < 1.29 is 9.47 Å². The lowest BCUT2D eigenvalue weighted by atomic mass is 10.1. The van der Waals surface area contributed by atoms with E-state index >= 15 is 0 Å². The summed E-state index contributed by atoms with van der Waals surface area (Å²) in [6.07, 6.45) is 2.96. The highest BCUT2D eigenvalue weighted by atomic mass is 16.5. The molecule has 1 aliphatic heterocycles. The lowest BCUT2D eigenvalue weighted by Crippen LogP contribution is -2.36. The molecule has 0 saturated heterocycles. The predicted octanol–water partition coefficient (Wildman–Crippen LogP) is 2.26.